The average Bonchev–Trinajstić information content (AvgIpc) is 3.12. The fourth-order valence-electron chi connectivity index (χ4n) is 2.87. The number of ketones is 1. The summed E-state index contributed by atoms with van der Waals surface area (Å²) in [6.07, 6.45) is -3.91. The Kier molecular flexibility index (Phi) is 6.63. The molecule has 0 amide bonds. The monoisotopic (exact) mass is 447 g/mol. The molecule has 0 unspecified atom stereocenters. The zero-order chi connectivity index (χ0) is 22.6. The van der Waals surface area contributed by atoms with Crippen LogP contribution in [-0.2, 0) is 6.18 Å². The number of carbonyl (C=O) groups excluding carboxylic acids is 1. The fraction of sp³-hybridized carbons (Fsp3) is 0.190. The largest absolute Gasteiger partial charge is 0.416 e. The van der Waals surface area contributed by atoms with Crippen molar-refractivity contribution in [3.8, 4) is 11.8 Å². The van der Waals surface area contributed by atoms with Gasteiger partial charge in [0.15, 0.2) is 5.69 Å². The Morgan fingerprint density at radius 3 is 2.35 bits per heavy atom. The number of alkyl halides is 3. The number of benzene rings is 2. The molecule has 160 valence electrons. The molecule has 0 radical (unpaired) electrons. The molecule has 31 heavy (non-hydrogen) atoms. The van der Waals surface area contributed by atoms with Crippen molar-refractivity contribution in [1.29, 1.82) is 5.26 Å². The molecule has 0 saturated heterocycles. The lowest BCUT2D eigenvalue weighted by atomic mass is 10.0. The Bertz CT molecular complexity index is 1120. The maximum Gasteiger partial charge on any atom is 0.416 e. The maximum atomic E-state index is 13.0. The van der Waals surface area contributed by atoms with Crippen LogP contribution in [0.1, 0.15) is 33.6 Å². The van der Waals surface area contributed by atoms with Crippen LogP contribution in [0.2, 0.25) is 5.02 Å². The van der Waals surface area contributed by atoms with Gasteiger partial charge in [-0.1, -0.05) is 23.7 Å². The summed E-state index contributed by atoms with van der Waals surface area (Å²) in [6.45, 7) is 0.847. The number of carbonyl (C=O) groups is 1. The van der Waals surface area contributed by atoms with E-state index in [2.05, 4.69) is 10.4 Å². The normalized spacial score (nSPS) is 11.2. The quantitative estimate of drug-likeness (QED) is 0.413. The summed E-state index contributed by atoms with van der Waals surface area (Å²) in [4.78, 5) is 13.0. The Morgan fingerprint density at radius 2 is 1.81 bits per heavy atom. The van der Waals surface area contributed by atoms with Gasteiger partial charge >= 0.3 is 6.18 Å². The Balaban J connectivity index is 2.07. The molecule has 0 aliphatic rings. The van der Waals surface area contributed by atoms with E-state index in [1.54, 1.807) is 24.3 Å². The molecule has 0 aliphatic carbocycles. The van der Waals surface area contributed by atoms with Gasteiger partial charge < -0.3 is 11.1 Å². The van der Waals surface area contributed by atoms with Crippen LogP contribution < -0.4 is 11.1 Å². The van der Waals surface area contributed by atoms with Crippen molar-refractivity contribution in [2.45, 2.75) is 12.6 Å². The molecule has 3 rings (SSSR count). The van der Waals surface area contributed by atoms with Crippen molar-refractivity contribution < 1.29 is 18.0 Å². The molecule has 3 aromatic rings. The predicted octanol–water partition coefficient (Wildman–Crippen LogP) is 4.41. The van der Waals surface area contributed by atoms with Crippen LogP contribution in [0.5, 0.6) is 0 Å². The molecule has 0 atom stereocenters. The average molecular weight is 448 g/mol. The van der Waals surface area contributed by atoms with Crippen LogP contribution in [0.25, 0.3) is 5.69 Å². The SMILES string of the molecule is N#Cc1c(C(=O)c2ccc(C(F)(F)F)cc2)nn(-c2ccc(Cl)cc2)c1NCCCN. The van der Waals surface area contributed by atoms with Crippen LogP contribution in [0.3, 0.4) is 0 Å². The van der Waals surface area contributed by atoms with Gasteiger partial charge in [-0.2, -0.15) is 23.5 Å². The number of nitrogens with one attached hydrogen (secondary N) is 1. The van der Waals surface area contributed by atoms with Crippen LogP contribution in [0.15, 0.2) is 48.5 Å². The van der Waals surface area contributed by atoms with E-state index in [4.69, 9.17) is 17.3 Å². The Hall–Kier alpha value is -3.35. The van der Waals surface area contributed by atoms with Crippen molar-refractivity contribution in [2.24, 2.45) is 5.73 Å². The fourth-order valence-corrected chi connectivity index (χ4v) is 3.00. The lowest BCUT2D eigenvalue weighted by Gasteiger charge is -2.10. The molecule has 1 aromatic heterocycles. The summed E-state index contributed by atoms with van der Waals surface area (Å²) in [5, 5.41) is 17.6. The second kappa shape index (κ2) is 9.20. The Labute approximate surface area is 181 Å². The molecule has 0 aliphatic heterocycles. The standard InChI is InChI=1S/C21H17ClF3N5O/c22-15-6-8-16(9-7-15)30-20(28-11-1-10-26)17(12-27)18(29-30)19(31)13-2-4-14(5-3-13)21(23,24)25/h2-9,28H,1,10-11,26H2. The van der Waals surface area contributed by atoms with Crippen LogP contribution >= 0.6 is 11.6 Å². The summed E-state index contributed by atoms with van der Waals surface area (Å²) in [5.41, 5.74) is 4.99. The zero-order valence-electron chi connectivity index (χ0n) is 16.1. The van der Waals surface area contributed by atoms with Crippen LogP contribution in [0.4, 0.5) is 19.0 Å². The first kappa shape index (κ1) is 22.3. The van der Waals surface area contributed by atoms with Crippen molar-refractivity contribution >= 4 is 23.2 Å². The molecule has 2 aromatic carbocycles. The molecule has 0 spiro atoms. The van der Waals surface area contributed by atoms with Gasteiger partial charge in [0.2, 0.25) is 5.78 Å². The van der Waals surface area contributed by atoms with E-state index in [0.29, 0.717) is 30.2 Å². The van der Waals surface area contributed by atoms with Gasteiger partial charge in [-0.15, -0.1) is 0 Å². The van der Waals surface area contributed by atoms with E-state index < -0.39 is 17.5 Å². The van der Waals surface area contributed by atoms with E-state index in [1.807, 2.05) is 6.07 Å². The van der Waals surface area contributed by atoms with Crippen LogP contribution in [-0.4, -0.2) is 28.7 Å². The van der Waals surface area contributed by atoms with E-state index >= 15 is 0 Å². The number of rotatable bonds is 7. The van der Waals surface area contributed by atoms with Crippen molar-refractivity contribution in [3.05, 3.63) is 75.9 Å². The minimum absolute atomic E-state index is 0.0150. The third-order valence-electron chi connectivity index (χ3n) is 4.43. The second-order valence-corrected chi connectivity index (χ2v) is 6.98. The first-order valence-corrected chi connectivity index (χ1v) is 9.59. The molecule has 0 bridgehead atoms. The molecular formula is C21H17ClF3N5O. The van der Waals surface area contributed by atoms with Crippen molar-refractivity contribution in [2.75, 3.05) is 18.4 Å². The van der Waals surface area contributed by atoms with Gasteiger partial charge in [0.1, 0.15) is 17.5 Å². The maximum absolute atomic E-state index is 13.0. The minimum atomic E-state index is -4.52. The lowest BCUT2D eigenvalue weighted by molar-refractivity contribution is -0.137. The third-order valence-corrected chi connectivity index (χ3v) is 4.68. The lowest BCUT2D eigenvalue weighted by Crippen LogP contribution is -2.12. The number of nitrogens with zero attached hydrogens (tertiary/aromatic N) is 3. The highest BCUT2D eigenvalue weighted by atomic mass is 35.5. The smallest absolute Gasteiger partial charge is 0.369 e. The third kappa shape index (κ3) is 4.87. The van der Waals surface area contributed by atoms with Gasteiger partial charge in [0.25, 0.3) is 0 Å². The summed E-state index contributed by atoms with van der Waals surface area (Å²) in [5.74, 6) is -0.381. The molecule has 10 heteroatoms. The number of hydrogen-bond donors (Lipinski definition) is 2. The summed E-state index contributed by atoms with van der Waals surface area (Å²) >= 11 is 5.93. The van der Waals surface area contributed by atoms with Crippen LogP contribution in [0, 0.1) is 11.3 Å². The van der Waals surface area contributed by atoms with Crippen molar-refractivity contribution in [3.63, 3.8) is 0 Å². The Morgan fingerprint density at radius 1 is 1.16 bits per heavy atom. The summed E-state index contributed by atoms with van der Waals surface area (Å²) in [6, 6.07) is 12.3. The molecule has 0 fully saturated rings. The van der Waals surface area contributed by atoms with Crippen molar-refractivity contribution in [1.82, 2.24) is 9.78 Å². The van der Waals surface area contributed by atoms with E-state index in [1.165, 1.54) is 4.68 Å². The number of hydrogen-bond acceptors (Lipinski definition) is 5. The molecule has 0 saturated carbocycles. The molecule has 3 N–H and O–H groups in total. The first-order chi connectivity index (χ1) is 14.8. The highest BCUT2D eigenvalue weighted by Gasteiger charge is 2.31. The van der Waals surface area contributed by atoms with Gasteiger partial charge in [-0.05, 0) is 49.4 Å². The number of aromatic nitrogens is 2. The van der Waals surface area contributed by atoms with Gasteiger partial charge in [-0.3, -0.25) is 4.79 Å². The highest BCUT2D eigenvalue weighted by Crippen LogP contribution is 2.30. The van der Waals surface area contributed by atoms with Gasteiger partial charge in [-0.25, -0.2) is 4.68 Å². The molecular weight excluding hydrogens is 431 g/mol. The number of anilines is 1. The van der Waals surface area contributed by atoms with Gasteiger partial charge in [0, 0.05) is 17.1 Å². The molecule has 1 heterocycles. The first-order valence-electron chi connectivity index (χ1n) is 9.21. The molecule has 6 nitrogen and oxygen atoms in total. The summed E-state index contributed by atoms with van der Waals surface area (Å²) in [7, 11) is 0. The van der Waals surface area contributed by atoms with E-state index in [-0.39, 0.29) is 22.6 Å². The number of halogens is 4. The van der Waals surface area contributed by atoms with Gasteiger partial charge in [0.05, 0.1) is 11.3 Å². The predicted molar refractivity (Wildman–Crippen MR) is 110 cm³/mol. The van der Waals surface area contributed by atoms with E-state index in [0.717, 1.165) is 24.3 Å². The zero-order valence-corrected chi connectivity index (χ0v) is 16.8. The topological polar surface area (TPSA) is 96.7 Å². The minimum Gasteiger partial charge on any atom is -0.369 e. The number of nitriles is 1. The summed E-state index contributed by atoms with van der Waals surface area (Å²) < 4.78 is 39.8. The van der Waals surface area contributed by atoms with E-state index in [9.17, 15) is 23.2 Å². The second-order valence-electron chi connectivity index (χ2n) is 6.55. The number of nitrogens with two attached hydrogens (primary N) is 1. The highest BCUT2D eigenvalue weighted by molar-refractivity contribution is 6.30.